The van der Waals surface area contributed by atoms with Crippen LogP contribution in [-0.4, -0.2) is 22.8 Å². The second-order valence-corrected chi connectivity index (χ2v) is 5.55. The first-order valence-corrected chi connectivity index (χ1v) is 7.43. The van der Waals surface area contributed by atoms with Gasteiger partial charge in [0.2, 0.25) is 0 Å². The van der Waals surface area contributed by atoms with Crippen LogP contribution >= 0.6 is 15.9 Å². The summed E-state index contributed by atoms with van der Waals surface area (Å²) in [6, 6.07) is 6.03. The van der Waals surface area contributed by atoms with Crippen LogP contribution in [0.25, 0.3) is 0 Å². The molecule has 0 aliphatic rings. The molecule has 0 aromatic heterocycles. The largest absolute Gasteiger partial charge is 0.416 e. The first-order chi connectivity index (χ1) is 8.86. The van der Waals surface area contributed by atoms with Crippen LogP contribution in [0.1, 0.15) is 31.4 Å². The SMILES string of the molecule is CC(C)N(CCCBr)Cc1ccccc1C(F)(F)F. The first kappa shape index (κ1) is 16.5. The molecule has 0 amide bonds. The van der Waals surface area contributed by atoms with Crippen LogP contribution in [0.5, 0.6) is 0 Å². The fourth-order valence-corrected chi connectivity index (χ4v) is 2.19. The Morgan fingerprint density at radius 1 is 1.21 bits per heavy atom. The molecule has 1 aromatic rings. The third kappa shape index (κ3) is 5.15. The van der Waals surface area contributed by atoms with Crippen LogP contribution in [0.15, 0.2) is 24.3 Å². The lowest BCUT2D eigenvalue weighted by molar-refractivity contribution is -0.138. The van der Waals surface area contributed by atoms with Gasteiger partial charge in [0, 0.05) is 17.9 Å². The lowest BCUT2D eigenvalue weighted by Crippen LogP contribution is -2.32. The van der Waals surface area contributed by atoms with Gasteiger partial charge in [-0.2, -0.15) is 13.2 Å². The Hall–Kier alpha value is -0.550. The summed E-state index contributed by atoms with van der Waals surface area (Å²) in [5, 5.41) is 0.858. The number of hydrogen-bond donors (Lipinski definition) is 0. The van der Waals surface area contributed by atoms with Gasteiger partial charge in [-0.25, -0.2) is 0 Å². The molecule has 0 spiro atoms. The van der Waals surface area contributed by atoms with Crippen molar-refractivity contribution < 1.29 is 13.2 Å². The van der Waals surface area contributed by atoms with Crippen molar-refractivity contribution in [3.8, 4) is 0 Å². The van der Waals surface area contributed by atoms with Gasteiger partial charge in [0.15, 0.2) is 0 Å². The molecule has 1 rings (SSSR count). The fraction of sp³-hybridized carbons (Fsp3) is 0.571. The average molecular weight is 338 g/mol. The summed E-state index contributed by atoms with van der Waals surface area (Å²) < 4.78 is 38.8. The highest BCUT2D eigenvalue weighted by Crippen LogP contribution is 2.32. The van der Waals surface area contributed by atoms with Gasteiger partial charge in [-0.05, 0) is 38.4 Å². The molecule has 5 heteroatoms. The zero-order valence-corrected chi connectivity index (χ0v) is 12.8. The van der Waals surface area contributed by atoms with Crippen molar-refractivity contribution in [1.82, 2.24) is 4.90 Å². The highest BCUT2D eigenvalue weighted by atomic mass is 79.9. The monoisotopic (exact) mass is 337 g/mol. The van der Waals surface area contributed by atoms with E-state index in [2.05, 4.69) is 20.8 Å². The molecule has 0 aliphatic carbocycles. The van der Waals surface area contributed by atoms with Crippen LogP contribution in [0.3, 0.4) is 0 Å². The standard InChI is InChI=1S/C14H19BrF3N/c1-11(2)19(9-5-8-15)10-12-6-3-4-7-13(12)14(16,17)18/h3-4,6-7,11H,5,8-10H2,1-2H3. The zero-order valence-electron chi connectivity index (χ0n) is 11.2. The minimum absolute atomic E-state index is 0.223. The van der Waals surface area contributed by atoms with E-state index in [1.807, 2.05) is 13.8 Å². The maximum Gasteiger partial charge on any atom is 0.416 e. The van der Waals surface area contributed by atoms with Crippen LogP contribution < -0.4 is 0 Å². The number of rotatable bonds is 6. The van der Waals surface area contributed by atoms with Crippen molar-refractivity contribution in [2.75, 3.05) is 11.9 Å². The van der Waals surface area contributed by atoms with E-state index in [9.17, 15) is 13.2 Å². The molecular formula is C14H19BrF3N. The van der Waals surface area contributed by atoms with Gasteiger partial charge in [0.1, 0.15) is 0 Å². The Morgan fingerprint density at radius 3 is 2.37 bits per heavy atom. The van der Waals surface area contributed by atoms with Crippen molar-refractivity contribution in [2.45, 2.75) is 39.0 Å². The summed E-state index contributed by atoms with van der Waals surface area (Å²) in [5.41, 5.74) is -0.183. The Labute approximate surface area is 120 Å². The Bertz CT molecular complexity index is 391. The van der Waals surface area contributed by atoms with E-state index in [0.717, 1.165) is 24.4 Å². The van der Waals surface area contributed by atoms with Gasteiger partial charge in [-0.15, -0.1) is 0 Å². The summed E-state index contributed by atoms with van der Waals surface area (Å²) in [6.07, 6.45) is -3.36. The molecular weight excluding hydrogens is 319 g/mol. The topological polar surface area (TPSA) is 3.24 Å². The summed E-state index contributed by atoms with van der Waals surface area (Å²) >= 11 is 3.35. The lowest BCUT2D eigenvalue weighted by Gasteiger charge is -2.27. The maximum atomic E-state index is 12.9. The molecule has 1 aromatic carbocycles. The second-order valence-electron chi connectivity index (χ2n) is 4.76. The molecule has 0 fully saturated rings. The highest BCUT2D eigenvalue weighted by molar-refractivity contribution is 9.09. The van der Waals surface area contributed by atoms with E-state index in [-0.39, 0.29) is 6.04 Å². The molecule has 0 saturated carbocycles. The van der Waals surface area contributed by atoms with Crippen molar-refractivity contribution in [3.05, 3.63) is 35.4 Å². The molecule has 0 atom stereocenters. The summed E-state index contributed by atoms with van der Waals surface area (Å²) in [5.74, 6) is 0. The van der Waals surface area contributed by atoms with Gasteiger partial charge in [-0.1, -0.05) is 34.1 Å². The van der Waals surface area contributed by atoms with Crippen molar-refractivity contribution in [3.63, 3.8) is 0 Å². The van der Waals surface area contributed by atoms with Crippen LogP contribution in [0.4, 0.5) is 13.2 Å². The summed E-state index contributed by atoms with van der Waals surface area (Å²) in [6.45, 7) is 5.13. The predicted molar refractivity (Wildman–Crippen MR) is 75.4 cm³/mol. The van der Waals surface area contributed by atoms with Gasteiger partial charge < -0.3 is 0 Å². The van der Waals surface area contributed by atoms with E-state index in [0.29, 0.717) is 12.1 Å². The van der Waals surface area contributed by atoms with Gasteiger partial charge in [0.25, 0.3) is 0 Å². The molecule has 0 saturated heterocycles. The van der Waals surface area contributed by atoms with Crippen molar-refractivity contribution in [2.24, 2.45) is 0 Å². The Kier molecular flexibility index (Phi) is 6.33. The van der Waals surface area contributed by atoms with E-state index in [1.54, 1.807) is 12.1 Å². The second kappa shape index (κ2) is 7.29. The van der Waals surface area contributed by atoms with Gasteiger partial charge >= 0.3 is 6.18 Å². The van der Waals surface area contributed by atoms with Crippen LogP contribution in [0.2, 0.25) is 0 Å². The van der Waals surface area contributed by atoms with Gasteiger partial charge in [-0.3, -0.25) is 4.90 Å². The van der Waals surface area contributed by atoms with Crippen LogP contribution in [-0.2, 0) is 12.7 Å². The van der Waals surface area contributed by atoms with E-state index >= 15 is 0 Å². The van der Waals surface area contributed by atoms with E-state index in [4.69, 9.17) is 0 Å². The minimum Gasteiger partial charge on any atom is -0.297 e. The number of alkyl halides is 4. The minimum atomic E-state index is -4.28. The lowest BCUT2D eigenvalue weighted by atomic mass is 10.1. The number of nitrogens with zero attached hydrogens (tertiary/aromatic N) is 1. The normalized spacial score (nSPS) is 12.4. The Morgan fingerprint density at radius 2 is 1.84 bits per heavy atom. The Balaban J connectivity index is 2.90. The quantitative estimate of drug-likeness (QED) is 0.680. The van der Waals surface area contributed by atoms with Gasteiger partial charge in [0.05, 0.1) is 5.56 Å². The van der Waals surface area contributed by atoms with E-state index < -0.39 is 11.7 Å². The molecule has 19 heavy (non-hydrogen) atoms. The number of hydrogen-bond acceptors (Lipinski definition) is 1. The van der Waals surface area contributed by atoms with Crippen LogP contribution in [0, 0.1) is 0 Å². The molecule has 0 N–H and O–H groups in total. The van der Waals surface area contributed by atoms with Crippen molar-refractivity contribution in [1.29, 1.82) is 0 Å². The zero-order chi connectivity index (χ0) is 14.5. The fourth-order valence-electron chi connectivity index (χ4n) is 1.94. The average Bonchev–Trinajstić information content (AvgIpc) is 2.33. The number of benzene rings is 1. The molecule has 0 bridgehead atoms. The summed E-state index contributed by atoms with van der Waals surface area (Å²) in [7, 11) is 0. The van der Waals surface area contributed by atoms with E-state index in [1.165, 1.54) is 6.07 Å². The molecule has 0 heterocycles. The number of halogens is 4. The molecule has 108 valence electrons. The highest BCUT2D eigenvalue weighted by Gasteiger charge is 2.33. The molecule has 0 aliphatic heterocycles. The molecule has 0 radical (unpaired) electrons. The predicted octanol–water partition coefficient (Wildman–Crippen LogP) is 4.70. The molecule has 0 unspecified atom stereocenters. The summed E-state index contributed by atoms with van der Waals surface area (Å²) in [4.78, 5) is 2.06. The third-order valence-corrected chi connectivity index (χ3v) is 3.57. The molecule has 1 nitrogen and oxygen atoms in total. The van der Waals surface area contributed by atoms with Crippen molar-refractivity contribution >= 4 is 15.9 Å². The third-order valence-electron chi connectivity index (χ3n) is 3.01. The first-order valence-electron chi connectivity index (χ1n) is 6.31. The maximum absolute atomic E-state index is 12.9. The smallest absolute Gasteiger partial charge is 0.297 e.